The number of unbranched alkanes of at least 4 members (excludes halogenated alkanes) is 11. The Labute approximate surface area is 289 Å². The highest BCUT2D eigenvalue weighted by Crippen LogP contribution is 2.22. The van der Waals surface area contributed by atoms with E-state index in [1.165, 1.54) is 38.5 Å². The molecule has 0 bridgehead atoms. The second-order valence-electron chi connectivity index (χ2n) is 12.8. The maximum atomic E-state index is 12.9. The molecule has 8 atom stereocenters. The zero-order valence-corrected chi connectivity index (χ0v) is 29.6. The molecule has 1 aliphatic rings. The summed E-state index contributed by atoms with van der Waals surface area (Å²) >= 11 is 0. The molecule has 0 saturated carbocycles. The molecule has 1 rings (SSSR count). The maximum Gasteiger partial charge on any atom is 0.249 e. The Morgan fingerprint density at radius 1 is 0.708 bits per heavy atom. The number of aliphatic hydroxyl groups excluding tert-OH is 6. The second-order valence-corrected chi connectivity index (χ2v) is 12.8. The molecule has 48 heavy (non-hydrogen) atoms. The number of carbonyl (C=O) groups is 1. The summed E-state index contributed by atoms with van der Waals surface area (Å²) in [5.74, 6) is -0.653. The van der Waals surface area contributed by atoms with Crippen molar-refractivity contribution in [1.82, 2.24) is 5.32 Å². The molecule has 8 unspecified atom stereocenters. The molecule has 0 aromatic carbocycles. The first-order valence-electron chi connectivity index (χ1n) is 18.5. The van der Waals surface area contributed by atoms with E-state index in [9.17, 15) is 35.4 Å². The lowest BCUT2D eigenvalue weighted by Crippen LogP contribution is -2.60. The fourth-order valence-corrected chi connectivity index (χ4v) is 5.31. The molecule has 1 fully saturated rings. The molecule has 7 N–H and O–H groups in total. The minimum atomic E-state index is -1.62. The Hall–Kier alpha value is -1.89. The van der Waals surface area contributed by atoms with Gasteiger partial charge in [-0.15, -0.1) is 0 Å². The third-order valence-electron chi connectivity index (χ3n) is 8.44. The molecular formula is C38H67NO9. The molecule has 278 valence electrons. The van der Waals surface area contributed by atoms with E-state index in [0.717, 1.165) is 51.4 Å². The Bertz CT molecular complexity index is 907. The quantitative estimate of drug-likeness (QED) is 0.0448. The summed E-state index contributed by atoms with van der Waals surface area (Å²) in [5, 5.41) is 64.1. The van der Waals surface area contributed by atoms with Crippen LogP contribution in [0.5, 0.6) is 0 Å². The largest absolute Gasteiger partial charge is 0.394 e. The van der Waals surface area contributed by atoms with Crippen LogP contribution in [0.15, 0.2) is 48.6 Å². The number of carbonyl (C=O) groups excluding carboxylic acids is 1. The summed E-state index contributed by atoms with van der Waals surface area (Å²) in [6.07, 6.45) is 23.6. The smallest absolute Gasteiger partial charge is 0.249 e. The van der Waals surface area contributed by atoms with Crippen molar-refractivity contribution in [2.24, 2.45) is 0 Å². The maximum absolute atomic E-state index is 12.9. The predicted molar refractivity (Wildman–Crippen MR) is 190 cm³/mol. The highest BCUT2D eigenvalue weighted by atomic mass is 16.7. The Morgan fingerprint density at radius 3 is 1.90 bits per heavy atom. The van der Waals surface area contributed by atoms with Crippen molar-refractivity contribution >= 4 is 5.91 Å². The normalized spacial score (nSPS) is 23.9. The molecule has 1 saturated heterocycles. The molecule has 0 radical (unpaired) electrons. The SMILES string of the molecule is CCC/C=C/CC/C=C/CC/C=C/C(O)C(COC1OC(CO)C(O)C(O)C1O)NC(=O)C(O)CCCC/C=C\CCCCCCCC. The van der Waals surface area contributed by atoms with Crippen LogP contribution in [0, 0.1) is 0 Å². The number of nitrogens with one attached hydrogen (secondary N) is 1. The van der Waals surface area contributed by atoms with Gasteiger partial charge in [0.05, 0.1) is 25.4 Å². The average molecular weight is 682 g/mol. The molecule has 1 amide bonds. The summed E-state index contributed by atoms with van der Waals surface area (Å²) in [5.41, 5.74) is 0. The van der Waals surface area contributed by atoms with Gasteiger partial charge in [0, 0.05) is 0 Å². The topological polar surface area (TPSA) is 169 Å². The van der Waals surface area contributed by atoms with Crippen LogP contribution in [0.25, 0.3) is 0 Å². The predicted octanol–water partition coefficient (Wildman–Crippen LogP) is 4.91. The summed E-state index contributed by atoms with van der Waals surface area (Å²) in [6, 6.07) is -1.01. The fraction of sp³-hybridized carbons (Fsp3) is 0.763. The van der Waals surface area contributed by atoms with Crippen LogP contribution in [0.2, 0.25) is 0 Å². The Balaban J connectivity index is 2.61. The first-order chi connectivity index (χ1) is 23.3. The van der Waals surface area contributed by atoms with Gasteiger partial charge in [-0.3, -0.25) is 4.79 Å². The van der Waals surface area contributed by atoms with E-state index in [1.807, 2.05) is 0 Å². The zero-order valence-electron chi connectivity index (χ0n) is 29.6. The van der Waals surface area contributed by atoms with E-state index >= 15 is 0 Å². The van der Waals surface area contributed by atoms with Crippen LogP contribution < -0.4 is 5.32 Å². The molecule has 10 nitrogen and oxygen atoms in total. The van der Waals surface area contributed by atoms with E-state index in [-0.39, 0.29) is 13.0 Å². The van der Waals surface area contributed by atoms with Crippen LogP contribution in [-0.4, -0.2) is 98.7 Å². The van der Waals surface area contributed by atoms with E-state index < -0.39 is 61.5 Å². The number of amides is 1. The first kappa shape index (κ1) is 44.1. The van der Waals surface area contributed by atoms with Gasteiger partial charge in [0.25, 0.3) is 0 Å². The number of hydrogen-bond acceptors (Lipinski definition) is 9. The number of rotatable bonds is 28. The van der Waals surface area contributed by atoms with E-state index in [1.54, 1.807) is 12.2 Å². The van der Waals surface area contributed by atoms with Crippen LogP contribution >= 0.6 is 0 Å². The first-order valence-corrected chi connectivity index (χ1v) is 18.5. The molecule has 1 heterocycles. The highest BCUT2D eigenvalue weighted by molar-refractivity contribution is 5.80. The van der Waals surface area contributed by atoms with Gasteiger partial charge in [0.15, 0.2) is 6.29 Å². The third-order valence-corrected chi connectivity index (χ3v) is 8.44. The highest BCUT2D eigenvalue weighted by Gasteiger charge is 2.44. The minimum absolute atomic E-state index is 0.268. The van der Waals surface area contributed by atoms with Gasteiger partial charge >= 0.3 is 0 Å². The van der Waals surface area contributed by atoms with Crippen molar-refractivity contribution < 1.29 is 44.9 Å². The molecule has 0 aliphatic carbocycles. The molecule has 0 aromatic rings. The third kappa shape index (κ3) is 19.9. The molecule has 0 spiro atoms. The molecule has 1 aliphatic heterocycles. The van der Waals surface area contributed by atoms with Crippen molar-refractivity contribution in [3.63, 3.8) is 0 Å². The van der Waals surface area contributed by atoms with E-state index in [0.29, 0.717) is 12.8 Å². The summed E-state index contributed by atoms with van der Waals surface area (Å²) < 4.78 is 11.0. The molecular weight excluding hydrogens is 614 g/mol. The second kappa shape index (κ2) is 28.9. The average Bonchev–Trinajstić information content (AvgIpc) is 3.08. The zero-order chi connectivity index (χ0) is 35.4. The lowest BCUT2D eigenvalue weighted by Gasteiger charge is -2.40. The van der Waals surface area contributed by atoms with Gasteiger partial charge < -0.3 is 45.4 Å². The standard InChI is InChI=1S/C38H67NO9/c1-3-5-7-9-11-13-15-17-19-21-23-25-27-32(42)37(46)39-30(29-47-38-36(45)35(44)34(43)33(28-40)48-38)31(41)26-24-22-20-18-16-14-12-10-8-6-4-2/h8,10,16-19,24,26,30-36,38,40-45H,3-7,9,11-15,20-23,25,27-29H2,1-2H3,(H,39,46)/b10-8+,18-16+,19-17-,26-24+. The van der Waals surface area contributed by atoms with Crippen molar-refractivity contribution in [2.45, 2.75) is 172 Å². The minimum Gasteiger partial charge on any atom is -0.394 e. The van der Waals surface area contributed by atoms with Gasteiger partial charge in [0.1, 0.15) is 30.5 Å². The van der Waals surface area contributed by atoms with Crippen LogP contribution in [0.1, 0.15) is 123 Å². The summed E-state index contributed by atoms with van der Waals surface area (Å²) in [7, 11) is 0. The summed E-state index contributed by atoms with van der Waals surface area (Å²) in [4.78, 5) is 12.9. The fourth-order valence-electron chi connectivity index (χ4n) is 5.31. The van der Waals surface area contributed by atoms with Gasteiger partial charge in [-0.25, -0.2) is 0 Å². The van der Waals surface area contributed by atoms with Gasteiger partial charge in [-0.2, -0.15) is 0 Å². The lowest BCUT2D eigenvalue weighted by atomic mass is 9.99. The van der Waals surface area contributed by atoms with Crippen molar-refractivity contribution in [3.8, 4) is 0 Å². The number of aliphatic hydroxyl groups is 6. The lowest BCUT2D eigenvalue weighted by molar-refractivity contribution is -0.302. The van der Waals surface area contributed by atoms with E-state index in [2.05, 4.69) is 55.6 Å². The monoisotopic (exact) mass is 681 g/mol. The Kier molecular flexibility index (Phi) is 26.6. The van der Waals surface area contributed by atoms with Gasteiger partial charge in [-0.05, 0) is 64.2 Å². The number of hydrogen-bond donors (Lipinski definition) is 7. The molecule has 0 aromatic heterocycles. The number of ether oxygens (including phenoxy) is 2. The van der Waals surface area contributed by atoms with Crippen LogP contribution in [0.4, 0.5) is 0 Å². The Morgan fingerprint density at radius 2 is 1.27 bits per heavy atom. The van der Waals surface area contributed by atoms with Crippen LogP contribution in [0.3, 0.4) is 0 Å². The van der Waals surface area contributed by atoms with Gasteiger partial charge in [0.2, 0.25) is 5.91 Å². The number of allylic oxidation sites excluding steroid dienone is 7. The van der Waals surface area contributed by atoms with Crippen molar-refractivity contribution in [2.75, 3.05) is 13.2 Å². The van der Waals surface area contributed by atoms with Crippen LogP contribution in [-0.2, 0) is 14.3 Å². The molecule has 10 heteroatoms. The van der Waals surface area contributed by atoms with Crippen molar-refractivity contribution in [3.05, 3.63) is 48.6 Å². The van der Waals surface area contributed by atoms with E-state index in [4.69, 9.17) is 9.47 Å². The summed E-state index contributed by atoms with van der Waals surface area (Å²) in [6.45, 7) is 3.43. The van der Waals surface area contributed by atoms with Crippen molar-refractivity contribution in [1.29, 1.82) is 0 Å². The van der Waals surface area contributed by atoms with Gasteiger partial charge in [-0.1, -0.05) is 107 Å².